The fraction of sp³-hybridized carbons (Fsp3) is 0.400. The Morgan fingerprint density at radius 2 is 1.77 bits per heavy atom. The van der Waals surface area contributed by atoms with Gasteiger partial charge in [-0.3, -0.25) is 4.57 Å². The Hall–Kier alpha value is -0.590. The Labute approximate surface area is 79.4 Å². The number of rotatable bonds is 3. The van der Waals surface area contributed by atoms with Gasteiger partial charge in [0.05, 0.1) is 6.10 Å². The Balaban J connectivity index is 2.70. The molecule has 1 rings (SSSR count). The first-order valence-electron chi connectivity index (χ1n) is 4.27. The first-order chi connectivity index (χ1) is 5.99. The second-order valence-electron chi connectivity index (χ2n) is 3.41. The fourth-order valence-electron chi connectivity index (χ4n) is 1.17. The van der Waals surface area contributed by atoms with E-state index in [1.54, 1.807) is 13.3 Å². The van der Waals surface area contributed by atoms with Crippen molar-refractivity contribution >= 4 is 7.37 Å². The summed E-state index contributed by atoms with van der Waals surface area (Å²) in [6.45, 7) is 5.17. The summed E-state index contributed by atoms with van der Waals surface area (Å²) in [5.41, 5.74) is 1.06. The SMILES string of the molecule is CC(OP(C)(C)=O)c1ccccc1. The predicted octanol–water partition coefficient (Wildman–Crippen LogP) is 3.30. The summed E-state index contributed by atoms with van der Waals surface area (Å²) in [4.78, 5) is 0. The highest BCUT2D eigenvalue weighted by atomic mass is 31.2. The number of benzene rings is 1. The van der Waals surface area contributed by atoms with Crippen LogP contribution in [-0.2, 0) is 9.09 Å². The van der Waals surface area contributed by atoms with E-state index in [1.165, 1.54) is 0 Å². The maximum Gasteiger partial charge on any atom is 0.197 e. The minimum absolute atomic E-state index is 0.0953. The molecule has 13 heavy (non-hydrogen) atoms. The van der Waals surface area contributed by atoms with Crippen molar-refractivity contribution in [1.29, 1.82) is 0 Å². The van der Waals surface area contributed by atoms with Crippen molar-refractivity contribution in [3.63, 3.8) is 0 Å². The minimum atomic E-state index is -2.39. The van der Waals surface area contributed by atoms with Gasteiger partial charge in [0.1, 0.15) is 0 Å². The molecule has 1 unspecified atom stereocenters. The summed E-state index contributed by atoms with van der Waals surface area (Å²) in [5.74, 6) is 0. The summed E-state index contributed by atoms with van der Waals surface area (Å²) >= 11 is 0. The quantitative estimate of drug-likeness (QED) is 0.696. The zero-order chi connectivity index (χ0) is 9.90. The normalized spacial score (nSPS) is 14.1. The van der Waals surface area contributed by atoms with Gasteiger partial charge in [-0.2, -0.15) is 0 Å². The highest BCUT2D eigenvalue weighted by Gasteiger charge is 2.13. The lowest BCUT2D eigenvalue weighted by Gasteiger charge is -2.16. The molecule has 1 atom stereocenters. The van der Waals surface area contributed by atoms with Gasteiger partial charge in [-0.05, 0) is 12.5 Å². The van der Waals surface area contributed by atoms with E-state index >= 15 is 0 Å². The average Bonchev–Trinajstić information content (AvgIpc) is 2.03. The lowest BCUT2D eigenvalue weighted by atomic mass is 10.1. The summed E-state index contributed by atoms with van der Waals surface area (Å²) in [6, 6.07) is 9.80. The molecule has 0 fully saturated rings. The topological polar surface area (TPSA) is 26.3 Å². The molecule has 0 aromatic heterocycles. The van der Waals surface area contributed by atoms with Gasteiger partial charge in [0, 0.05) is 13.3 Å². The van der Waals surface area contributed by atoms with Crippen LogP contribution in [0, 0.1) is 0 Å². The lowest BCUT2D eigenvalue weighted by molar-refractivity contribution is 0.234. The molecule has 0 saturated heterocycles. The van der Waals surface area contributed by atoms with Crippen LogP contribution in [0.25, 0.3) is 0 Å². The van der Waals surface area contributed by atoms with Crippen LogP contribution in [0.3, 0.4) is 0 Å². The van der Waals surface area contributed by atoms with Gasteiger partial charge in [-0.1, -0.05) is 30.3 Å². The Kier molecular flexibility index (Phi) is 3.29. The standard InChI is InChI=1S/C10H15O2P/c1-9(12-13(2,3)11)10-7-5-4-6-8-10/h4-9H,1-3H3. The van der Waals surface area contributed by atoms with Gasteiger partial charge in [0.15, 0.2) is 7.37 Å². The van der Waals surface area contributed by atoms with Crippen molar-refractivity contribution < 1.29 is 9.09 Å². The third-order valence-corrected chi connectivity index (χ3v) is 2.50. The van der Waals surface area contributed by atoms with Gasteiger partial charge in [-0.25, -0.2) is 0 Å². The third kappa shape index (κ3) is 3.75. The maximum atomic E-state index is 11.4. The largest absolute Gasteiger partial charge is 0.321 e. The minimum Gasteiger partial charge on any atom is -0.321 e. The van der Waals surface area contributed by atoms with Crippen LogP contribution in [0.4, 0.5) is 0 Å². The molecular formula is C10H15O2P. The number of hydrogen-bond acceptors (Lipinski definition) is 2. The van der Waals surface area contributed by atoms with Crippen LogP contribution in [0.1, 0.15) is 18.6 Å². The van der Waals surface area contributed by atoms with E-state index < -0.39 is 7.37 Å². The van der Waals surface area contributed by atoms with Gasteiger partial charge < -0.3 is 4.52 Å². The molecule has 0 radical (unpaired) electrons. The van der Waals surface area contributed by atoms with Crippen molar-refractivity contribution in [2.45, 2.75) is 13.0 Å². The van der Waals surface area contributed by atoms with E-state index in [-0.39, 0.29) is 6.10 Å². The monoisotopic (exact) mass is 198 g/mol. The summed E-state index contributed by atoms with van der Waals surface area (Å²) in [7, 11) is -2.39. The molecule has 1 aromatic carbocycles. The second-order valence-corrected chi connectivity index (χ2v) is 6.13. The molecule has 3 heteroatoms. The van der Waals surface area contributed by atoms with Crippen LogP contribution in [0.15, 0.2) is 30.3 Å². The molecular weight excluding hydrogens is 183 g/mol. The predicted molar refractivity (Wildman–Crippen MR) is 55.4 cm³/mol. The molecule has 0 heterocycles. The van der Waals surface area contributed by atoms with E-state index in [0.29, 0.717) is 0 Å². The third-order valence-electron chi connectivity index (χ3n) is 1.68. The summed E-state index contributed by atoms with van der Waals surface area (Å²) in [5, 5.41) is 0. The van der Waals surface area contributed by atoms with Crippen LogP contribution < -0.4 is 0 Å². The second kappa shape index (κ2) is 4.08. The van der Waals surface area contributed by atoms with Crippen molar-refractivity contribution in [1.82, 2.24) is 0 Å². The van der Waals surface area contributed by atoms with Crippen LogP contribution in [0.5, 0.6) is 0 Å². The van der Waals surface area contributed by atoms with Crippen molar-refractivity contribution in [3.05, 3.63) is 35.9 Å². The molecule has 0 bridgehead atoms. The lowest BCUT2D eigenvalue weighted by Crippen LogP contribution is -1.96. The van der Waals surface area contributed by atoms with E-state index in [9.17, 15) is 4.57 Å². The van der Waals surface area contributed by atoms with Crippen molar-refractivity contribution in [2.24, 2.45) is 0 Å². The molecule has 0 aliphatic carbocycles. The molecule has 0 aliphatic heterocycles. The van der Waals surface area contributed by atoms with E-state index in [1.807, 2.05) is 37.3 Å². The van der Waals surface area contributed by atoms with E-state index in [2.05, 4.69) is 0 Å². The molecule has 0 saturated carbocycles. The molecule has 72 valence electrons. The van der Waals surface area contributed by atoms with Crippen molar-refractivity contribution in [3.8, 4) is 0 Å². The van der Waals surface area contributed by atoms with E-state index in [0.717, 1.165) is 5.56 Å². The first kappa shape index (κ1) is 10.5. The van der Waals surface area contributed by atoms with Gasteiger partial charge >= 0.3 is 0 Å². The van der Waals surface area contributed by atoms with E-state index in [4.69, 9.17) is 4.52 Å². The molecule has 2 nitrogen and oxygen atoms in total. The fourth-order valence-corrected chi connectivity index (χ4v) is 2.05. The van der Waals surface area contributed by atoms with Gasteiger partial charge in [0.2, 0.25) is 0 Å². The summed E-state index contributed by atoms with van der Waals surface area (Å²) in [6.07, 6.45) is -0.0953. The first-order valence-corrected chi connectivity index (χ1v) is 6.79. The van der Waals surface area contributed by atoms with Crippen LogP contribution in [-0.4, -0.2) is 13.3 Å². The smallest absolute Gasteiger partial charge is 0.197 e. The molecule has 1 aromatic rings. The molecule has 0 aliphatic rings. The highest BCUT2D eigenvalue weighted by Crippen LogP contribution is 2.42. The Morgan fingerprint density at radius 3 is 2.23 bits per heavy atom. The maximum absolute atomic E-state index is 11.4. The zero-order valence-corrected chi connectivity index (χ0v) is 9.12. The zero-order valence-electron chi connectivity index (χ0n) is 8.23. The Bertz CT molecular complexity index is 302. The Morgan fingerprint density at radius 1 is 1.23 bits per heavy atom. The van der Waals surface area contributed by atoms with Crippen LogP contribution in [0.2, 0.25) is 0 Å². The molecule has 0 spiro atoms. The average molecular weight is 198 g/mol. The molecule has 0 amide bonds. The van der Waals surface area contributed by atoms with Crippen LogP contribution >= 0.6 is 7.37 Å². The van der Waals surface area contributed by atoms with Crippen molar-refractivity contribution in [2.75, 3.05) is 13.3 Å². The van der Waals surface area contributed by atoms with Gasteiger partial charge in [0.25, 0.3) is 0 Å². The molecule has 0 N–H and O–H groups in total. The highest BCUT2D eigenvalue weighted by molar-refractivity contribution is 7.57. The van der Waals surface area contributed by atoms with Gasteiger partial charge in [-0.15, -0.1) is 0 Å². The summed E-state index contributed by atoms with van der Waals surface area (Å²) < 4.78 is 16.8. The number of hydrogen-bond donors (Lipinski definition) is 0.